The number of hydrogen-bond acceptors (Lipinski definition) is 2. The molecule has 0 atom stereocenters. The monoisotopic (exact) mass is 457 g/mol. The predicted molar refractivity (Wildman–Crippen MR) is 116 cm³/mol. The van der Waals surface area contributed by atoms with E-state index in [-0.39, 0.29) is 11.7 Å². The number of amides is 1. The molecule has 0 spiro atoms. The van der Waals surface area contributed by atoms with Gasteiger partial charge in [0.2, 0.25) is 0 Å². The number of carbonyl (C=O) groups excluding carboxylic acids is 1. The lowest BCUT2D eigenvalue weighted by molar-refractivity contribution is -0.122. The fourth-order valence-corrected chi connectivity index (χ4v) is 4.05. The summed E-state index contributed by atoms with van der Waals surface area (Å²) in [6.07, 6.45) is 3.74. The lowest BCUT2D eigenvalue weighted by atomic mass is 10.1. The molecule has 0 bridgehead atoms. The summed E-state index contributed by atoms with van der Waals surface area (Å²) in [7, 11) is 0. The van der Waals surface area contributed by atoms with E-state index in [0.717, 1.165) is 20.9 Å². The molecule has 1 aromatic heterocycles. The Kier molecular flexibility index (Phi) is 5.03. The summed E-state index contributed by atoms with van der Waals surface area (Å²) in [5.41, 5.74) is 2.87. The normalized spacial score (nSPS) is 15.7. The van der Waals surface area contributed by atoms with Crippen molar-refractivity contribution in [2.45, 2.75) is 13.5 Å². The van der Waals surface area contributed by atoms with Crippen molar-refractivity contribution in [1.29, 1.82) is 0 Å². The summed E-state index contributed by atoms with van der Waals surface area (Å²) in [6.45, 7) is 2.80. The molecule has 4 nitrogen and oxygen atoms in total. The average molecular weight is 458 g/mol. The van der Waals surface area contributed by atoms with Crippen LogP contribution in [0.1, 0.15) is 18.1 Å². The zero-order valence-electron chi connectivity index (χ0n) is 15.1. The Balaban J connectivity index is 1.80. The minimum Gasteiger partial charge on any atom is -0.342 e. The van der Waals surface area contributed by atoms with E-state index in [1.54, 1.807) is 18.2 Å². The van der Waals surface area contributed by atoms with Gasteiger partial charge in [0.15, 0.2) is 5.11 Å². The van der Waals surface area contributed by atoms with Crippen LogP contribution in [-0.4, -0.2) is 27.0 Å². The molecule has 1 aliphatic rings. The van der Waals surface area contributed by atoms with Gasteiger partial charge in [-0.1, -0.05) is 34.1 Å². The first-order valence-electron chi connectivity index (χ1n) is 8.84. The molecule has 0 radical (unpaired) electrons. The first-order valence-corrected chi connectivity index (χ1v) is 10.0. The number of rotatable bonds is 4. The number of benzene rings is 2. The summed E-state index contributed by atoms with van der Waals surface area (Å²) >= 11 is 8.74. The van der Waals surface area contributed by atoms with Gasteiger partial charge in [-0.25, -0.2) is 4.39 Å². The Morgan fingerprint density at radius 1 is 1.25 bits per heavy atom. The van der Waals surface area contributed by atoms with E-state index in [9.17, 15) is 9.18 Å². The lowest BCUT2D eigenvalue weighted by Gasteiger charge is -2.08. The van der Waals surface area contributed by atoms with E-state index in [0.29, 0.717) is 29.5 Å². The van der Waals surface area contributed by atoms with Crippen molar-refractivity contribution in [3.63, 3.8) is 0 Å². The number of thiocarbonyl (C=S) groups is 1. The third-order valence-electron chi connectivity index (χ3n) is 4.75. The maximum absolute atomic E-state index is 14.1. The highest BCUT2D eigenvalue weighted by atomic mass is 79.9. The predicted octanol–water partition coefficient (Wildman–Crippen LogP) is 4.67. The van der Waals surface area contributed by atoms with Crippen molar-refractivity contribution in [3.05, 3.63) is 75.8 Å². The van der Waals surface area contributed by atoms with Gasteiger partial charge in [-0.3, -0.25) is 9.69 Å². The van der Waals surface area contributed by atoms with E-state index in [1.165, 1.54) is 11.0 Å². The maximum Gasteiger partial charge on any atom is 0.276 e. The minimum atomic E-state index is -0.238. The summed E-state index contributed by atoms with van der Waals surface area (Å²) in [4.78, 5) is 14.1. The van der Waals surface area contributed by atoms with Gasteiger partial charge in [-0.2, -0.15) is 0 Å². The van der Waals surface area contributed by atoms with E-state index in [4.69, 9.17) is 12.2 Å². The molecule has 2 aromatic carbocycles. The molecular weight excluding hydrogens is 441 g/mol. The first-order chi connectivity index (χ1) is 13.5. The molecule has 28 heavy (non-hydrogen) atoms. The smallest absolute Gasteiger partial charge is 0.276 e. The number of halogens is 2. The molecule has 2 heterocycles. The summed E-state index contributed by atoms with van der Waals surface area (Å²) in [5, 5.41) is 4.37. The number of hydrogen-bond donors (Lipinski definition) is 1. The SMILES string of the molecule is CCN1C(=O)/C(=C/c2cn(Cc3ccccc3F)c3ccc(Br)cc23)NC1=S. The molecule has 7 heteroatoms. The molecule has 0 aliphatic carbocycles. The molecule has 1 aliphatic heterocycles. The van der Waals surface area contributed by atoms with Crippen molar-refractivity contribution in [3.8, 4) is 0 Å². The molecule has 1 N–H and O–H groups in total. The van der Waals surface area contributed by atoms with Crippen molar-refractivity contribution in [2.24, 2.45) is 0 Å². The van der Waals surface area contributed by atoms with Gasteiger partial charge in [0, 0.05) is 39.2 Å². The molecule has 1 amide bonds. The van der Waals surface area contributed by atoms with Crippen molar-refractivity contribution in [2.75, 3.05) is 6.54 Å². The van der Waals surface area contributed by atoms with E-state index >= 15 is 0 Å². The Labute approximate surface area is 175 Å². The first kappa shape index (κ1) is 18.8. The molecule has 1 saturated heterocycles. The fraction of sp³-hybridized carbons (Fsp3) is 0.143. The number of nitrogens with zero attached hydrogens (tertiary/aromatic N) is 2. The van der Waals surface area contributed by atoms with Crippen LogP contribution in [0, 0.1) is 5.82 Å². The largest absolute Gasteiger partial charge is 0.342 e. The zero-order valence-corrected chi connectivity index (χ0v) is 17.5. The highest BCUT2D eigenvalue weighted by Crippen LogP contribution is 2.28. The van der Waals surface area contributed by atoms with E-state index in [1.807, 2.05) is 42.0 Å². The van der Waals surface area contributed by atoms with Crippen LogP contribution in [0.25, 0.3) is 17.0 Å². The van der Waals surface area contributed by atoms with Gasteiger partial charge in [0.05, 0.1) is 6.54 Å². The van der Waals surface area contributed by atoms with Crippen LogP contribution in [0.2, 0.25) is 0 Å². The van der Waals surface area contributed by atoms with Crippen LogP contribution < -0.4 is 5.32 Å². The van der Waals surface area contributed by atoms with Crippen LogP contribution >= 0.6 is 28.1 Å². The second-order valence-corrected chi connectivity index (χ2v) is 7.81. The van der Waals surface area contributed by atoms with Gasteiger partial charge in [-0.15, -0.1) is 0 Å². The van der Waals surface area contributed by atoms with Crippen LogP contribution in [0.4, 0.5) is 4.39 Å². The van der Waals surface area contributed by atoms with Gasteiger partial charge in [-0.05, 0) is 49.5 Å². The molecule has 4 rings (SSSR count). The highest BCUT2D eigenvalue weighted by molar-refractivity contribution is 9.10. The molecule has 142 valence electrons. The van der Waals surface area contributed by atoms with Crippen LogP contribution in [0.3, 0.4) is 0 Å². The van der Waals surface area contributed by atoms with Crippen molar-refractivity contribution >= 4 is 56.1 Å². The van der Waals surface area contributed by atoms with Gasteiger partial charge in [0.25, 0.3) is 5.91 Å². The summed E-state index contributed by atoms with van der Waals surface area (Å²) < 4.78 is 17.1. The molecular formula is C21H17BrFN3OS. The Morgan fingerprint density at radius 3 is 2.75 bits per heavy atom. The Hall–Kier alpha value is -2.51. The topological polar surface area (TPSA) is 37.3 Å². The molecule has 0 unspecified atom stereocenters. The maximum atomic E-state index is 14.1. The molecule has 3 aromatic rings. The summed E-state index contributed by atoms with van der Waals surface area (Å²) in [6, 6.07) is 12.7. The zero-order chi connectivity index (χ0) is 19.8. The van der Waals surface area contributed by atoms with Crippen molar-refractivity contribution in [1.82, 2.24) is 14.8 Å². The number of carbonyl (C=O) groups is 1. The van der Waals surface area contributed by atoms with E-state index < -0.39 is 0 Å². The van der Waals surface area contributed by atoms with E-state index in [2.05, 4.69) is 21.2 Å². The quantitative estimate of drug-likeness (QED) is 0.456. The molecule has 1 fully saturated rings. The second kappa shape index (κ2) is 7.48. The van der Waals surface area contributed by atoms with Crippen LogP contribution in [0.15, 0.2) is 58.8 Å². The minimum absolute atomic E-state index is 0.141. The average Bonchev–Trinajstić information content (AvgIpc) is 3.13. The third-order valence-corrected chi connectivity index (χ3v) is 5.57. The standard InChI is InChI=1S/C21H17BrFN3OS/c1-2-26-20(27)18(24-21(26)28)9-14-12-25(11-13-5-3-4-6-17(13)23)19-8-7-15(22)10-16(14)19/h3-10,12H,2,11H2,1H3,(H,24,28)/b18-9-. The third kappa shape index (κ3) is 3.36. The van der Waals surface area contributed by atoms with Crippen molar-refractivity contribution < 1.29 is 9.18 Å². The van der Waals surface area contributed by atoms with Crippen LogP contribution in [-0.2, 0) is 11.3 Å². The number of nitrogens with one attached hydrogen (secondary N) is 1. The van der Waals surface area contributed by atoms with Gasteiger partial charge in [0.1, 0.15) is 11.5 Å². The molecule has 0 saturated carbocycles. The van der Waals surface area contributed by atoms with Crippen LogP contribution in [0.5, 0.6) is 0 Å². The van der Waals surface area contributed by atoms with Gasteiger partial charge >= 0.3 is 0 Å². The fourth-order valence-electron chi connectivity index (χ4n) is 3.37. The highest BCUT2D eigenvalue weighted by Gasteiger charge is 2.29. The summed E-state index contributed by atoms with van der Waals surface area (Å²) in [5.74, 6) is -0.379. The number of likely N-dealkylation sites (N-methyl/N-ethyl adjacent to an activating group) is 1. The number of fused-ring (bicyclic) bond motifs is 1. The second-order valence-electron chi connectivity index (χ2n) is 6.50. The Morgan fingerprint density at radius 2 is 2.04 bits per heavy atom. The Bertz CT molecular complexity index is 1140. The van der Waals surface area contributed by atoms with Gasteiger partial charge < -0.3 is 9.88 Å². The number of aromatic nitrogens is 1. The lowest BCUT2D eigenvalue weighted by Crippen LogP contribution is -2.30.